The molecule has 0 N–H and O–H groups in total. The zero-order chi connectivity index (χ0) is 19.0. The predicted molar refractivity (Wildman–Crippen MR) is 105 cm³/mol. The van der Waals surface area contributed by atoms with E-state index >= 15 is 0 Å². The van der Waals surface area contributed by atoms with E-state index in [1.54, 1.807) is 18.1 Å². The Morgan fingerprint density at radius 1 is 1.04 bits per heavy atom. The Morgan fingerprint density at radius 2 is 1.78 bits per heavy atom. The molecular weight excluding hydrogens is 342 g/mol. The third-order valence-corrected chi connectivity index (χ3v) is 5.33. The number of rotatable bonds is 3. The number of anilines is 2. The number of amides is 1. The first kappa shape index (κ1) is 17.5. The molecule has 0 bridgehead atoms. The summed E-state index contributed by atoms with van der Waals surface area (Å²) in [5.41, 5.74) is 2.46. The van der Waals surface area contributed by atoms with Crippen molar-refractivity contribution in [3.63, 3.8) is 0 Å². The maximum atomic E-state index is 13.0. The summed E-state index contributed by atoms with van der Waals surface area (Å²) in [6, 6.07) is 15.4. The van der Waals surface area contributed by atoms with Gasteiger partial charge in [-0.1, -0.05) is 18.2 Å². The quantitative estimate of drug-likeness (QED) is 0.836. The number of ketones is 1. The van der Waals surface area contributed by atoms with Gasteiger partial charge in [0.15, 0.2) is 6.17 Å². The van der Waals surface area contributed by atoms with E-state index in [1.165, 1.54) is 6.92 Å². The van der Waals surface area contributed by atoms with Crippen molar-refractivity contribution in [3.8, 4) is 5.75 Å². The van der Waals surface area contributed by atoms with Crippen molar-refractivity contribution in [3.05, 3.63) is 54.1 Å². The van der Waals surface area contributed by atoms with Crippen LogP contribution in [-0.4, -0.2) is 56.0 Å². The maximum Gasteiger partial charge on any atom is 0.225 e. The second-order valence-corrected chi connectivity index (χ2v) is 6.87. The van der Waals surface area contributed by atoms with Crippen LogP contribution in [0.5, 0.6) is 5.75 Å². The van der Waals surface area contributed by atoms with Crippen LogP contribution in [0.25, 0.3) is 0 Å². The minimum absolute atomic E-state index is 0.00984. The lowest BCUT2D eigenvalue weighted by molar-refractivity contribution is -0.117. The Kier molecular flexibility index (Phi) is 4.58. The molecule has 0 radical (unpaired) electrons. The lowest BCUT2D eigenvalue weighted by Crippen LogP contribution is -2.58. The number of fused-ring (bicyclic) bond motifs is 1. The molecule has 4 rings (SSSR count). The standard InChI is InChI=1S/C21H23N3O3/c1-15(25)24-19-9-4-3-8-18(19)20(26)21(24)23-12-10-22(11-13-23)16-6-5-7-17(14-16)27-2/h3-9,14,21H,10-13H2,1-2H3/t21-/m0/s1. The zero-order valence-electron chi connectivity index (χ0n) is 15.6. The van der Waals surface area contributed by atoms with Gasteiger partial charge in [0, 0.05) is 50.4 Å². The molecule has 2 heterocycles. The molecule has 1 saturated heterocycles. The van der Waals surface area contributed by atoms with Crippen LogP contribution in [0.2, 0.25) is 0 Å². The van der Waals surface area contributed by atoms with Crippen LogP contribution in [0.3, 0.4) is 0 Å². The highest BCUT2D eigenvalue weighted by atomic mass is 16.5. The fourth-order valence-corrected chi connectivity index (χ4v) is 3.98. The largest absolute Gasteiger partial charge is 0.497 e. The molecule has 0 spiro atoms. The molecule has 0 aliphatic carbocycles. The predicted octanol–water partition coefficient (Wildman–Crippen LogP) is 2.39. The lowest BCUT2D eigenvalue weighted by atomic mass is 10.1. The minimum Gasteiger partial charge on any atom is -0.497 e. The average Bonchev–Trinajstić information content (AvgIpc) is 3.01. The van der Waals surface area contributed by atoms with Gasteiger partial charge in [-0.15, -0.1) is 0 Å². The number of carbonyl (C=O) groups is 2. The van der Waals surface area contributed by atoms with Gasteiger partial charge in [0.05, 0.1) is 12.8 Å². The molecule has 1 fully saturated rings. The van der Waals surface area contributed by atoms with Gasteiger partial charge in [-0.2, -0.15) is 0 Å². The highest BCUT2D eigenvalue weighted by Crippen LogP contribution is 2.34. The van der Waals surface area contributed by atoms with E-state index in [0.717, 1.165) is 30.2 Å². The summed E-state index contributed by atoms with van der Waals surface area (Å²) in [6.45, 7) is 4.53. The van der Waals surface area contributed by atoms with Crippen molar-refractivity contribution in [1.82, 2.24) is 4.90 Å². The first-order valence-corrected chi connectivity index (χ1v) is 9.16. The normalized spacial score (nSPS) is 19.9. The molecule has 27 heavy (non-hydrogen) atoms. The topological polar surface area (TPSA) is 53.1 Å². The number of carbonyl (C=O) groups excluding carboxylic acids is 2. The molecule has 1 atom stereocenters. The molecule has 0 aromatic heterocycles. The van der Waals surface area contributed by atoms with E-state index < -0.39 is 6.17 Å². The molecule has 2 aromatic carbocycles. The van der Waals surface area contributed by atoms with E-state index in [2.05, 4.69) is 15.9 Å². The first-order chi connectivity index (χ1) is 13.1. The van der Waals surface area contributed by atoms with Crippen LogP contribution in [0.4, 0.5) is 11.4 Å². The lowest BCUT2D eigenvalue weighted by Gasteiger charge is -2.40. The Labute approximate surface area is 158 Å². The van der Waals surface area contributed by atoms with Gasteiger partial charge in [0.1, 0.15) is 5.75 Å². The van der Waals surface area contributed by atoms with Gasteiger partial charge >= 0.3 is 0 Å². The summed E-state index contributed by atoms with van der Waals surface area (Å²) in [5.74, 6) is 0.739. The SMILES string of the molecule is COc1cccc(N2CCN([C@@H]3C(=O)c4ccccc4N3C(C)=O)CC2)c1. The number of methoxy groups -OCH3 is 1. The monoisotopic (exact) mass is 365 g/mol. The number of piperazine rings is 1. The molecule has 2 aliphatic heterocycles. The van der Waals surface area contributed by atoms with Gasteiger partial charge in [-0.05, 0) is 24.3 Å². The van der Waals surface area contributed by atoms with Crippen LogP contribution in [-0.2, 0) is 4.79 Å². The smallest absolute Gasteiger partial charge is 0.225 e. The molecule has 0 saturated carbocycles. The summed E-state index contributed by atoms with van der Waals surface area (Å²) in [4.78, 5) is 31.3. The van der Waals surface area contributed by atoms with Crippen molar-refractivity contribution in [2.75, 3.05) is 43.1 Å². The van der Waals surface area contributed by atoms with Crippen molar-refractivity contribution >= 4 is 23.1 Å². The number of para-hydroxylation sites is 1. The van der Waals surface area contributed by atoms with Crippen molar-refractivity contribution in [1.29, 1.82) is 0 Å². The van der Waals surface area contributed by atoms with Gasteiger partial charge in [0.25, 0.3) is 0 Å². The van der Waals surface area contributed by atoms with E-state index in [4.69, 9.17) is 4.74 Å². The number of benzene rings is 2. The number of hydrogen-bond acceptors (Lipinski definition) is 5. The summed E-state index contributed by atoms with van der Waals surface area (Å²) < 4.78 is 5.31. The molecule has 6 nitrogen and oxygen atoms in total. The van der Waals surface area contributed by atoms with Crippen molar-refractivity contribution < 1.29 is 14.3 Å². The van der Waals surface area contributed by atoms with Crippen molar-refractivity contribution in [2.24, 2.45) is 0 Å². The highest BCUT2D eigenvalue weighted by molar-refractivity contribution is 6.17. The van der Waals surface area contributed by atoms with Crippen LogP contribution in [0.1, 0.15) is 17.3 Å². The Morgan fingerprint density at radius 3 is 2.48 bits per heavy atom. The summed E-state index contributed by atoms with van der Waals surface area (Å²) in [5, 5.41) is 0. The van der Waals surface area contributed by atoms with Gasteiger partial charge in [0.2, 0.25) is 11.7 Å². The van der Waals surface area contributed by atoms with E-state index in [1.807, 2.05) is 36.4 Å². The average molecular weight is 365 g/mol. The third-order valence-electron chi connectivity index (χ3n) is 5.33. The van der Waals surface area contributed by atoms with Gasteiger partial charge < -0.3 is 9.64 Å². The Bertz CT molecular complexity index is 874. The minimum atomic E-state index is -0.535. The Balaban J connectivity index is 1.52. The van der Waals surface area contributed by atoms with E-state index in [0.29, 0.717) is 18.7 Å². The number of hydrogen-bond donors (Lipinski definition) is 0. The van der Waals surface area contributed by atoms with Crippen LogP contribution in [0.15, 0.2) is 48.5 Å². The molecule has 2 aliphatic rings. The molecule has 2 aromatic rings. The van der Waals surface area contributed by atoms with E-state index in [9.17, 15) is 9.59 Å². The first-order valence-electron chi connectivity index (χ1n) is 9.16. The molecule has 140 valence electrons. The van der Waals surface area contributed by atoms with Crippen LogP contribution in [0, 0.1) is 0 Å². The third kappa shape index (κ3) is 3.06. The fraction of sp³-hybridized carbons (Fsp3) is 0.333. The second-order valence-electron chi connectivity index (χ2n) is 6.87. The molecule has 6 heteroatoms. The van der Waals surface area contributed by atoms with Crippen LogP contribution >= 0.6 is 0 Å². The van der Waals surface area contributed by atoms with Gasteiger partial charge in [-0.3, -0.25) is 19.4 Å². The van der Waals surface area contributed by atoms with Crippen molar-refractivity contribution in [2.45, 2.75) is 13.1 Å². The fourth-order valence-electron chi connectivity index (χ4n) is 3.98. The Hall–Kier alpha value is -2.86. The number of nitrogens with zero attached hydrogens (tertiary/aromatic N) is 3. The molecular formula is C21H23N3O3. The highest BCUT2D eigenvalue weighted by Gasteiger charge is 2.43. The summed E-state index contributed by atoms with van der Waals surface area (Å²) >= 11 is 0. The molecule has 1 amide bonds. The van der Waals surface area contributed by atoms with Crippen LogP contribution < -0.4 is 14.5 Å². The zero-order valence-corrected chi connectivity index (χ0v) is 15.6. The van der Waals surface area contributed by atoms with Gasteiger partial charge in [-0.25, -0.2) is 0 Å². The maximum absolute atomic E-state index is 13.0. The van der Waals surface area contributed by atoms with E-state index in [-0.39, 0.29) is 11.7 Å². The second kappa shape index (κ2) is 7.04. The number of ether oxygens (including phenoxy) is 1. The molecule has 0 unspecified atom stereocenters. The summed E-state index contributed by atoms with van der Waals surface area (Å²) in [6.07, 6.45) is -0.535. The summed E-state index contributed by atoms with van der Waals surface area (Å²) in [7, 11) is 1.66. The number of Topliss-reactive ketones (excluding diaryl/α,β-unsaturated/α-hetero) is 1.